The molecule has 0 radical (unpaired) electrons. The van der Waals surface area contributed by atoms with Crippen molar-refractivity contribution in [2.75, 3.05) is 26.2 Å². The molecule has 0 aromatic heterocycles. The second-order valence-corrected chi connectivity index (χ2v) is 6.30. The number of halogens is 2. The molecule has 1 aliphatic rings. The van der Waals surface area contributed by atoms with Crippen LogP contribution in [-0.4, -0.2) is 54.0 Å². The van der Waals surface area contributed by atoms with Crippen molar-refractivity contribution in [1.82, 2.24) is 9.80 Å². The minimum Gasteiger partial charge on any atom is -0.339 e. The largest absolute Gasteiger partial charge is 0.339 e. The van der Waals surface area contributed by atoms with E-state index < -0.39 is 6.04 Å². The Morgan fingerprint density at radius 3 is 1.79 bits per heavy atom. The van der Waals surface area contributed by atoms with E-state index in [1.165, 1.54) is 0 Å². The van der Waals surface area contributed by atoms with Gasteiger partial charge >= 0.3 is 0 Å². The second kappa shape index (κ2) is 8.30. The Bertz CT molecular complexity index is 272. The van der Waals surface area contributed by atoms with Gasteiger partial charge in [-0.2, -0.15) is 0 Å². The fourth-order valence-electron chi connectivity index (χ4n) is 2.03. The van der Waals surface area contributed by atoms with E-state index in [1.807, 2.05) is 25.7 Å². The zero-order chi connectivity index (χ0) is 13.2. The van der Waals surface area contributed by atoms with Gasteiger partial charge in [-0.1, -0.05) is 20.8 Å². The second-order valence-electron chi connectivity index (χ2n) is 6.30. The van der Waals surface area contributed by atoms with Crippen LogP contribution < -0.4 is 5.73 Å². The topological polar surface area (TPSA) is 49.6 Å². The predicted octanol–water partition coefficient (Wildman–Crippen LogP) is 1.76. The lowest BCUT2D eigenvalue weighted by Crippen LogP contribution is -2.57. The van der Waals surface area contributed by atoms with Gasteiger partial charge in [-0.05, 0) is 19.3 Å². The van der Waals surface area contributed by atoms with Gasteiger partial charge < -0.3 is 10.6 Å². The minimum absolute atomic E-state index is 0. The highest BCUT2D eigenvalue weighted by Gasteiger charge is 2.32. The van der Waals surface area contributed by atoms with Crippen LogP contribution in [0, 0.1) is 5.41 Å². The highest BCUT2D eigenvalue weighted by atomic mass is 35.5. The van der Waals surface area contributed by atoms with E-state index >= 15 is 0 Å². The number of hydrogen-bond donors (Lipinski definition) is 1. The maximum Gasteiger partial charge on any atom is 0.240 e. The molecule has 0 aliphatic carbocycles. The molecule has 0 aromatic carbocycles. The van der Waals surface area contributed by atoms with Crippen molar-refractivity contribution in [2.24, 2.45) is 11.1 Å². The number of piperazine rings is 1. The SMILES string of the molecule is CC(C)N1CCN(C(=O)[C@@H](N)C(C)(C)C)CC1.Cl.Cl. The molecule has 1 fully saturated rings. The molecule has 1 heterocycles. The van der Waals surface area contributed by atoms with Crippen molar-refractivity contribution in [3.8, 4) is 0 Å². The van der Waals surface area contributed by atoms with Crippen molar-refractivity contribution in [1.29, 1.82) is 0 Å². The molecule has 1 aliphatic heterocycles. The molecule has 0 spiro atoms. The maximum atomic E-state index is 12.2. The van der Waals surface area contributed by atoms with Gasteiger partial charge in [0.2, 0.25) is 5.91 Å². The summed E-state index contributed by atoms with van der Waals surface area (Å²) in [6.45, 7) is 14.0. The Morgan fingerprint density at radius 1 is 1.05 bits per heavy atom. The molecule has 2 N–H and O–H groups in total. The Balaban J connectivity index is 0. The van der Waals surface area contributed by atoms with E-state index in [9.17, 15) is 4.79 Å². The van der Waals surface area contributed by atoms with E-state index in [0.29, 0.717) is 6.04 Å². The van der Waals surface area contributed by atoms with Crippen LogP contribution in [0.15, 0.2) is 0 Å². The normalized spacial score (nSPS) is 18.6. The first kappa shape index (κ1) is 21.3. The molecule has 0 saturated carbocycles. The first-order valence-corrected chi connectivity index (χ1v) is 6.52. The zero-order valence-electron chi connectivity index (χ0n) is 12.7. The first-order valence-electron chi connectivity index (χ1n) is 6.52. The fourth-order valence-corrected chi connectivity index (χ4v) is 2.03. The number of carbonyl (C=O) groups is 1. The Labute approximate surface area is 129 Å². The van der Waals surface area contributed by atoms with Crippen molar-refractivity contribution >= 4 is 30.7 Å². The van der Waals surface area contributed by atoms with Crippen LogP contribution in [0.1, 0.15) is 34.6 Å². The van der Waals surface area contributed by atoms with Crippen molar-refractivity contribution in [2.45, 2.75) is 46.7 Å². The van der Waals surface area contributed by atoms with Gasteiger partial charge in [0.25, 0.3) is 0 Å². The Kier molecular flexibility index (Phi) is 9.29. The molecule has 0 bridgehead atoms. The molecule has 0 unspecified atom stereocenters. The number of nitrogens with zero attached hydrogens (tertiary/aromatic N) is 2. The summed E-state index contributed by atoms with van der Waals surface area (Å²) in [5, 5.41) is 0. The molecule has 0 aromatic rings. The molecule has 1 atom stereocenters. The average Bonchev–Trinajstić information content (AvgIpc) is 2.26. The van der Waals surface area contributed by atoms with Crippen molar-refractivity contribution < 1.29 is 4.79 Å². The third-order valence-corrected chi connectivity index (χ3v) is 3.56. The molecule has 1 rings (SSSR count). The summed E-state index contributed by atoms with van der Waals surface area (Å²) in [5.41, 5.74) is 5.85. The molecule has 4 nitrogen and oxygen atoms in total. The zero-order valence-corrected chi connectivity index (χ0v) is 14.3. The van der Waals surface area contributed by atoms with E-state index in [1.54, 1.807) is 0 Å². The number of hydrogen-bond acceptors (Lipinski definition) is 3. The van der Waals surface area contributed by atoms with Crippen LogP contribution in [0.2, 0.25) is 0 Å². The molecule has 1 amide bonds. The van der Waals surface area contributed by atoms with Gasteiger partial charge in [-0.25, -0.2) is 0 Å². The molecule has 116 valence electrons. The van der Waals surface area contributed by atoms with Gasteiger partial charge in [-0.3, -0.25) is 9.69 Å². The molecule has 1 saturated heterocycles. The Hall–Kier alpha value is -0.0300. The number of amides is 1. The summed E-state index contributed by atoms with van der Waals surface area (Å²) in [5.74, 6) is 0.0981. The summed E-state index contributed by atoms with van der Waals surface area (Å²) in [4.78, 5) is 16.5. The van der Waals surface area contributed by atoms with Crippen LogP contribution in [0.3, 0.4) is 0 Å². The Morgan fingerprint density at radius 2 is 1.47 bits per heavy atom. The maximum absolute atomic E-state index is 12.2. The summed E-state index contributed by atoms with van der Waals surface area (Å²) < 4.78 is 0. The predicted molar refractivity (Wildman–Crippen MR) is 85.2 cm³/mol. The van der Waals surface area contributed by atoms with E-state index in [2.05, 4.69) is 18.7 Å². The van der Waals surface area contributed by atoms with Crippen LogP contribution in [0.4, 0.5) is 0 Å². The lowest BCUT2D eigenvalue weighted by Gasteiger charge is -2.39. The van der Waals surface area contributed by atoms with Gasteiger partial charge in [0.05, 0.1) is 6.04 Å². The summed E-state index contributed by atoms with van der Waals surface area (Å²) in [7, 11) is 0. The molecule has 19 heavy (non-hydrogen) atoms. The number of rotatable bonds is 2. The summed E-state index contributed by atoms with van der Waals surface area (Å²) >= 11 is 0. The lowest BCUT2D eigenvalue weighted by atomic mass is 9.86. The molecular weight excluding hydrogens is 285 g/mol. The number of carbonyl (C=O) groups excluding carboxylic acids is 1. The highest BCUT2D eigenvalue weighted by molar-refractivity contribution is 5.85. The van der Waals surface area contributed by atoms with Gasteiger partial charge in [-0.15, -0.1) is 24.8 Å². The van der Waals surface area contributed by atoms with Crippen LogP contribution in [0.5, 0.6) is 0 Å². The quantitative estimate of drug-likeness (QED) is 0.845. The van der Waals surface area contributed by atoms with E-state index in [-0.39, 0.29) is 36.1 Å². The smallest absolute Gasteiger partial charge is 0.240 e. The first-order chi connectivity index (χ1) is 7.73. The summed E-state index contributed by atoms with van der Waals surface area (Å²) in [6.07, 6.45) is 0. The average molecular weight is 314 g/mol. The van der Waals surface area contributed by atoms with Crippen LogP contribution in [-0.2, 0) is 4.79 Å². The van der Waals surface area contributed by atoms with Crippen LogP contribution in [0.25, 0.3) is 0 Å². The highest BCUT2D eigenvalue weighted by Crippen LogP contribution is 2.19. The third-order valence-electron chi connectivity index (χ3n) is 3.56. The van der Waals surface area contributed by atoms with Gasteiger partial charge in [0, 0.05) is 32.2 Å². The minimum atomic E-state index is -0.395. The summed E-state index contributed by atoms with van der Waals surface area (Å²) in [6, 6.07) is 0.164. The van der Waals surface area contributed by atoms with Crippen LogP contribution >= 0.6 is 24.8 Å². The third kappa shape index (κ3) is 5.86. The monoisotopic (exact) mass is 313 g/mol. The number of nitrogens with two attached hydrogens (primary N) is 1. The van der Waals surface area contributed by atoms with Crippen molar-refractivity contribution in [3.63, 3.8) is 0 Å². The standard InChI is InChI=1S/C13H27N3O.2ClH/c1-10(2)15-6-8-16(9-7-15)12(17)11(14)13(3,4)5;;/h10-11H,6-9,14H2,1-5H3;2*1H/t11-;;/m1../s1. The van der Waals surface area contributed by atoms with Gasteiger partial charge in [0.1, 0.15) is 0 Å². The van der Waals surface area contributed by atoms with Gasteiger partial charge in [0.15, 0.2) is 0 Å². The van der Waals surface area contributed by atoms with E-state index in [4.69, 9.17) is 5.73 Å². The fraction of sp³-hybridized carbons (Fsp3) is 0.923. The molecular formula is C13H29Cl2N3O. The van der Waals surface area contributed by atoms with E-state index in [0.717, 1.165) is 26.2 Å². The lowest BCUT2D eigenvalue weighted by molar-refractivity contribution is -0.137. The molecule has 6 heteroatoms. The van der Waals surface area contributed by atoms with Crippen molar-refractivity contribution in [3.05, 3.63) is 0 Å².